The van der Waals surface area contributed by atoms with Crippen LogP contribution in [0.5, 0.6) is 0 Å². The van der Waals surface area contributed by atoms with E-state index in [1.807, 2.05) is 62.9 Å². The van der Waals surface area contributed by atoms with Gasteiger partial charge in [0.15, 0.2) is 0 Å². The van der Waals surface area contributed by atoms with Crippen molar-refractivity contribution >= 4 is 12.0 Å². The average Bonchev–Trinajstić information content (AvgIpc) is 3.41. The molecule has 2 aromatic rings. The number of benzene rings is 1. The Labute approximate surface area is 177 Å². The quantitative estimate of drug-likeness (QED) is 0.815. The molecular formula is C23H30N4O3. The second kappa shape index (κ2) is 7.45. The molecule has 0 unspecified atom stereocenters. The van der Waals surface area contributed by atoms with Gasteiger partial charge in [-0.25, -0.2) is 4.79 Å². The van der Waals surface area contributed by atoms with Gasteiger partial charge in [0.2, 0.25) is 0 Å². The van der Waals surface area contributed by atoms with E-state index < -0.39 is 5.60 Å². The van der Waals surface area contributed by atoms with Gasteiger partial charge in [-0.2, -0.15) is 5.10 Å². The molecule has 2 fully saturated rings. The summed E-state index contributed by atoms with van der Waals surface area (Å²) >= 11 is 0. The SMILES string of the molecule is Cc1ccc(-c2cc(C(=O)N3CC[C@@]4(CCN(C(=O)OC(C)(C)C)C4)C3)[nH]n2)cc1. The van der Waals surface area contributed by atoms with Crippen LogP contribution in [-0.2, 0) is 4.74 Å². The Kier molecular flexibility index (Phi) is 5.08. The smallest absolute Gasteiger partial charge is 0.410 e. The first-order valence-corrected chi connectivity index (χ1v) is 10.5. The molecular weight excluding hydrogens is 380 g/mol. The van der Waals surface area contributed by atoms with Gasteiger partial charge in [0.1, 0.15) is 11.3 Å². The van der Waals surface area contributed by atoms with Gasteiger partial charge in [-0.05, 0) is 46.6 Å². The number of nitrogens with zero attached hydrogens (tertiary/aromatic N) is 3. The van der Waals surface area contributed by atoms with Crippen molar-refractivity contribution in [2.45, 2.75) is 46.1 Å². The standard InChI is InChI=1S/C23H30N4O3/c1-16-5-7-17(8-6-16)18-13-19(25-24-18)20(28)26-11-9-23(14-26)10-12-27(15-23)21(29)30-22(2,3)4/h5-8,13H,9-12,14-15H2,1-4H3,(H,24,25)/t23-/m1/s1. The Hall–Kier alpha value is -2.83. The molecule has 160 valence electrons. The number of hydrogen-bond donors (Lipinski definition) is 1. The molecule has 7 nitrogen and oxygen atoms in total. The average molecular weight is 411 g/mol. The number of carbonyl (C=O) groups excluding carboxylic acids is 2. The lowest BCUT2D eigenvalue weighted by molar-refractivity contribution is 0.0274. The van der Waals surface area contributed by atoms with Crippen LogP contribution in [0.2, 0.25) is 0 Å². The van der Waals surface area contributed by atoms with Gasteiger partial charge < -0.3 is 14.5 Å². The molecule has 0 bridgehead atoms. The van der Waals surface area contributed by atoms with E-state index in [0.717, 1.165) is 24.1 Å². The topological polar surface area (TPSA) is 78.5 Å². The van der Waals surface area contributed by atoms with Crippen LogP contribution in [0.15, 0.2) is 30.3 Å². The van der Waals surface area contributed by atoms with E-state index >= 15 is 0 Å². The van der Waals surface area contributed by atoms with Crippen LogP contribution in [0.25, 0.3) is 11.3 Å². The monoisotopic (exact) mass is 410 g/mol. The number of aryl methyl sites for hydroxylation is 1. The molecule has 2 aliphatic rings. The molecule has 3 heterocycles. The lowest BCUT2D eigenvalue weighted by Gasteiger charge is -2.27. The first-order valence-electron chi connectivity index (χ1n) is 10.5. The summed E-state index contributed by atoms with van der Waals surface area (Å²) in [5, 5.41) is 7.23. The molecule has 1 N–H and O–H groups in total. The fraction of sp³-hybridized carbons (Fsp3) is 0.522. The van der Waals surface area contributed by atoms with E-state index in [2.05, 4.69) is 10.2 Å². The van der Waals surface area contributed by atoms with Crippen LogP contribution >= 0.6 is 0 Å². The van der Waals surface area contributed by atoms with Gasteiger partial charge in [-0.15, -0.1) is 0 Å². The van der Waals surface area contributed by atoms with Gasteiger partial charge in [-0.3, -0.25) is 9.89 Å². The highest BCUT2D eigenvalue weighted by Gasteiger charge is 2.46. The number of aromatic amines is 1. The number of hydrogen-bond acceptors (Lipinski definition) is 4. The first kappa shape index (κ1) is 20.4. The molecule has 1 aromatic carbocycles. The molecule has 2 saturated heterocycles. The maximum atomic E-state index is 13.0. The van der Waals surface area contributed by atoms with E-state index in [1.165, 1.54) is 5.56 Å². The Morgan fingerprint density at radius 3 is 2.37 bits per heavy atom. The Bertz CT molecular complexity index is 944. The lowest BCUT2D eigenvalue weighted by atomic mass is 9.86. The third-order valence-electron chi connectivity index (χ3n) is 5.97. The third-order valence-corrected chi connectivity index (χ3v) is 5.97. The second-order valence-corrected chi connectivity index (χ2v) is 9.66. The molecule has 2 amide bonds. The number of nitrogens with one attached hydrogen (secondary N) is 1. The van der Waals surface area contributed by atoms with Crippen LogP contribution in [-0.4, -0.2) is 63.8 Å². The van der Waals surface area contributed by atoms with Crippen molar-refractivity contribution in [3.05, 3.63) is 41.6 Å². The van der Waals surface area contributed by atoms with E-state index in [1.54, 1.807) is 4.90 Å². The van der Waals surface area contributed by atoms with Crippen LogP contribution < -0.4 is 0 Å². The maximum absolute atomic E-state index is 13.0. The number of carbonyl (C=O) groups is 2. The summed E-state index contributed by atoms with van der Waals surface area (Å²) < 4.78 is 5.51. The highest BCUT2D eigenvalue weighted by Crippen LogP contribution is 2.40. The molecule has 30 heavy (non-hydrogen) atoms. The number of likely N-dealkylation sites (tertiary alicyclic amines) is 2. The summed E-state index contributed by atoms with van der Waals surface area (Å²) in [6, 6.07) is 9.90. The van der Waals surface area contributed by atoms with Crippen molar-refractivity contribution in [2.75, 3.05) is 26.2 Å². The number of H-pyrrole nitrogens is 1. The fourth-order valence-corrected chi connectivity index (χ4v) is 4.33. The third kappa shape index (κ3) is 4.20. The summed E-state index contributed by atoms with van der Waals surface area (Å²) in [4.78, 5) is 29.1. The summed E-state index contributed by atoms with van der Waals surface area (Å²) in [6.07, 6.45) is 1.53. The van der Waals surface area contributed by atoms with Crippen LogP contribution in [0, 0.1) is 12.3 Å². The minimum atomic E-state index is -0.500. The maximum Gasteiger partial charge on any atom is 0.410 e. The van der Waals surface area contributed by atoms with Crippen LogP contribution in [0.3, 0.4) is 0 Å². The zero-order chi connectivity index (χ0) is 21.5. The minimum Gasteiger partial charge on any atom is -0.444 e. The van der Waals surface area contributed by atoms with E-state index in [4.69, 9.17) is 4.74 Å². The zero-order valence-corrected chi connectivity index (χ0v) is 18.2. The molecule has 7 heteroatoms. The minimum absolute atomic E-state index is 0.0338. The van der Waals surface area contributed by atoms with E-state index in [9.17, 15) is 9.59 Å². The van der Waals surface area contributed by atoms with Gasteiger partial charge in [0.25, 0.3) is 5.91 Å². The fourth-order valence-electron chi connectivity index (χ4n) is 4.33. The molecule has 1 atom stereocenters. The molecule has 1 spiro atoms. The van der Waals surface area contributed by atoms with Crippen LogP contribution in [0.1, 0.15) is 49.7 Å². The molecule has 0 radical (unpaired) electrons. The predicted octanol–water partition coefficient (Wildman–Crippen LogP) is 3.86. The highest BCUT2D eigenvalue weighted by molar-refractivity contribution is 5.93. The van der Waals surface area contributed by atoms with Crippen molar-refractivity contribution in [3.8, 4) is 11.3 Å². The zero-order valence-electron chi connectivity index (χ0n) is 18.2. The number of rotatable bonds is 2. The molecule has 0 saturated carbocycles. The largest absolute Gasteiger partial charge is 0.444 e. The predicted molar refractivity (Wildman–Crippen MR) is 114 cm³/mol. The van der Waals surface area contributed by atoms with Gasteiger partial charge in [-0.1, -0.05) is 29.8 Å². The Balaban J connectivity index is 1.40. The number of ether oxygens (including phenoxy) is 1. The molecule has 0 aliphatic carbocycles. The van der Waals surface area contributed by atoms with Crippen molar-refractivity contribution in [1.82, 2.24) is 20.0 Å². The van der Waals surface area contributed by atoms with Gasteiger partial charge in [0, 0.05) is 37.2 Å². The first-order chi connectivity index (χ1) is 14.1. The van der Waals surface area contributed by atoms with Crippen molar-refractivity contribution in [1.29, 1.82) is 0 Å². The lowest BCUT2D eigenvalue weighted by Crippen LogP contribution is -2.38. The van der Waals surface area contributed by atoms with Crippen molar-refractivity contribution < 1.29 is 14.3 Å². The van der Waals surface area contributed by atoms with Crippen LogP contribution in [0.4, 0.5) is 4.79 Å². The molecule has 1 aromatic heterocycles. The highest BCUT2D eigenvalue weighted by atomic mass is 16.6. The van der Waals surface area contributed by atoms with Gasteiger partial charge in [0.05, 0.1) is 5.69 Å². The van der Waals surface area contributed by atoms with E-state index in [-0.39, 0.29) is 17.4 Å². The number of aromatic nitrogens is 2. The second-order valence-electron chi connectivity index (χ2n) is 9.66. The van der Waals surface area contributed by atoms with Crippen molar-refractivity contribution in [2.24, 2.45) is 5.41 Å². The van der Waals surface area contributed by atoms with Gasteiger partial charge >= 0.3 is 6.09 Å². The normalized spacial score (nSPS) is 21.5. The summed E-state index contributed by atoms with van der Waals surface area (Å²) in [5.41, 5.74) is 2.91. The molecule has 2 aliphatic heterocycles. The van der Waals surface area contributed by atoms with Crippen molar-refractivity contribution in [3.63, 3.8) is 0 Å². The summed E-state index contributed by atoms with van der Waals surface area (Å²) in [7, 11) is 0. The summed E-state index contributed by atoms with van der Waals surface area (Å²) in [5.74, 6) is -0.0338. The Morgan fingerprint density at radius 1 is 1.07 bits per heavy atom. The Morgan fingerprint density at radius 2 is 1.70 bits per heavy atom. The summed E-state index contributed by atoms with van der Waals surface area (Å²) in [6.45, 7) is 10.3. The number of amides is 2. The molecule has 4 rings (SSSR count). The van der Waals surface area contributed by atoms with E-state index in [0.29, 0.717) is 31.9 Å².